The Labute approximate surface area is 104 Å². The Morgan fingerprint density at radius 3 is 1.76 bits per heavy atom. The number of benzene rings is 1. The summed E-state index contributed by atoms with van der Waals surface area (Å²) < 4.78 is 0. The second-order valence-corrected chi connectivity index (χ2v) is 4.02. The molecule has 0 fully saturated rings. The lowest BCUT2D eigenvalue weighted by Crippen LogP contribution is -2.07. The summed E-state index contributed by atoms with van der Waals surface area (Å²) in [7, 11) is 0. The van der Waals surface area contributed by atoms with Crippen LogP contribution in [0.15, 0.2) is 50.1 Å². The lowest BCUT2D eigenvalue weighted by Gasteiger charge is -2.16. The summed E-state index contributed by atoms with van der Waals surface area (Å²) in [6.45, 7) is 12.0. The van der Waals surface area contributed by atoms with Crippen molar-refractivity contribution in [2.75, 3.05) is 0 Å². The maximum absolute atomic E-state index is 5.79. The molecular weight excluding hydrogens is 206 g/mol. The molecule has 0 aliphatic carbocycles. The molecule has 0 bridgehead atoms. The summed E-state index contributed by atoms with van der Waals surface area (Å²) in [6, 6.07) is 4.26. The quantitative estimate of drug-likeness (QED) is 0.710. The zero-order chi connectivity index (χ0) is 12.7. The molecule has 0 saturated heterocycles. The van der Waals surface area contributed by atoms with E-state index in [1.807, 2.05) is 18.2 Å². The van der Waals surface area contributed by atoms with Gasteiger partial charge < -0.3 is 5.73 Å². The molecule has 1 heteroatoms. The molecule has 0 radical (unpaired) electrons. The van der Waals surface area contributed by atoms with Crippen LogP contribution in [0.3, 0.4) is 0 Å². The van der Waals surface area contributed by atoms with Gasteiger partial charge in [0.15, 0.2) is 0 Å². The molecular formula is C16H21N. The van der Waals surface area contributed by atoms with E-state index >= 15 is 0 Å². The van der Waals surface area contributed by atoms with Crippen LogP contribution in [0.1, 0.15) is 22.3 Å². The van der Waals surface area contributed by atoms with E-state index in [-0.39, 0.29) is 0 Å². The van der Waals surface area contributed by atoms with Crippen molar-refractivity contribution in [1.29, 1.82) is 0 Å². The predicted octanol–water partition coefficient (Wildman–Crippen LogP) is 3.33. The Balaban J connectivity index is 3.33. The number of hydrogen-bond donors (Lipinski definition) is 1. The third-order valence-corrected chi connectivity index (χ3v) is 2.91. The van der Waals surface area contributed by atoms with Gasteiger partial charge in [-0.05, 0) is 41.5 Å². The van der Waals surface area contributed by atoms with Gasteiger partial charge in [0.05, 0.1) is 0 Å². The van der Waals surface area contributed by atoms with Gasteiger partial charge in [-0.3, -0.25) is 0 Å². The van der Waals surface area contributed by atoms with E-state index in [2.05, 4.69) is 31.9 Å². The van der Waals surface area contributed by atoms with Crippen molar-refractivity contribution in [3.05, 3.63) is 72.4 Å². The highest BCUT2D eigenvalue weighted by molar-refractivity contribution is 5.44. The van der Waals surface area contributed by atoms with E-state index in [1.165, 1.54) is 22.3 Å². The second-order valence-electron chi connectivity index (χ2n) is 4.02. The van der Waals surface area contributed by atoms with Gasteiger partial charge in [0.1, 0.15) is 0 Å². The molecule has 0 unspecified atom stereocenters. The lowest BCUT2D eigenvalue weighted by atomic mass is 9.90. The smallest absolute Gasteiger partial charge is 0.0181 e. The van der Waals surface area contributed by atoms with Gasteiger partial charge in [-0.2, -0.15) is 0 Å². The van der Waals surface area contributed by atoms with E-state index in [0.29, 0.717) is 6.54 Å². The molecule has 17 heavy (non-hydrogen) atoms. The normalized spacial score (nSPS) is 9.94. The summed E-state index contributed by atoms with van der Waals surface area (Å²) in [4.78, 5) is 0. The summed E-state index contributed by atoms with van der Waals surface area (Å²) in [5.74, 6) is 0. The number of hydrogen-bond acceptors (Lipinski definition) is 1. The Bertz CT molecular complexity index is 416. The molecule has 0 aliphatic heterocycles. The zero-order valence-electron chi connectivity index (χ0n) is 10.4. The fraction of sp³-hybridized carbons (Fsp3) is 0.250. The first-order valence-electron chi connectivity index (χ1n) is 5.93. The Morgan fingerprint density at radius 2 is 1.29 bits per heavy atom. The second kappa shape index (κ2) is 6.87. The standard InChI is InChI=1S/C16H21N/c1-4-7-13-10-11-14(12-17)16(9-6-3)15(13)8-5-2/h4-6,10-11H,1-3,7-9,12,17H2. The van der Waals surface area contributed by atoms with Gasteiger partial charge in [0.2, 0.25) is 0 Å². The minimum absolute atomic E-state index is 0.571. The van der Waals surface area contributed by atoms with Crippen LogP contribution in [-0.2, 0) is 25.8 Å². The maximum atomic E-state index is 5.79. The van der Waals surface area contributed by atoms with Crippen LogP contribution >= 0.6 is 0 Å². The highest BCUT2D eigenvalue weighted by Crippen LogP contribution is 2.22. The summed E-state index contributed by atoms with van der Waals surface area (Å²) >= 11 is 0. The van der Waals surface area contributed by atoms with Crippen LogP contribution in [0.5, 0.6) is 0 Å². The maximum Gasteiger partial charge on any atom is 0.0181 e. The molecule has 0 spiro atoms. The molecule has 0 saturated carbocycles. The molecule has 1 aromatic carbocycles. The number of rotatable bonds is 7. The van der Waals surface area contributed by atoms with Crippen LogP contribution in [0.25, 0.3) is 0 Å². The van der Waals surface area contributed by atoms with Crippen molar-refractivity contribution in [1.82, 2.24) is 0 Å². The number of nitrogens with two attached hydrogens (primary N) is 1. The molecule has 0 amide bonds. The highest BCUT2D eigenvalue weighted by atomic mass is 14.5. The molecule has 0 atom stereocenters. The Kier molecular flexibility index (Phi) is 5.44. The van der Waals surface area contributed by atoms with Gasteiger partial charge in [-0.25, -0.2) is 0 Å². The van der Waals surface area contributed by atoms with Crippen LogP contribution in [-0.4, -0.2) is 0 Å². The molecule has 0 heterocycles. The van der Waals surface area contributed by atoms with E-state index in [4.69, 9.17) is 5.73 Å². The summed E-state index contributed by atoms with van der Waals surface area (Å²) in [6.07, 6.45) is 8.42. The minimum Gasteiger partial charge on any atom is -0.326 e. The Morgan fingerprint density at radius 1 is 0.824 bits per heavy atom. The van der Waals surface area contributed by atoms with Crippen LogP contribution in [0.2, 0.25) is 0 Å². The van der Waals surface area contributed by atoms with E-state index in [1.54, 1.807) is 0 Å². The van der Waals surface area contributed by atoms with Crippen molar-refractivity contribution >= 4 is 0 Å². The highest BCUT2D eigenvalue weighted by Gasteiger charge is 2.09. The van der Waals surface area contributed by atoms with Crippen molar-refractivity contribution in [2.24, 2.45) is 5.73 Å². The first-order valence-corrected chi connectivity index (χ1v) is 5.93. The molecule has 2 N–H and O–H groups in total. The topological polar surface area (TPSA) is 26.0 Å². The predicted molar refractivity (Wildman–Crippen MR) is 76.0 cm³/mol. The third-order valence-electron chi connectivity index (χ3n) is 2.91. The van der Waals surface area contributed by atoms with Gasteiger partial charge in [0, 0.05) is 6.54 Å². The molecule has 1 aromatic rings. The van der Waals surface area contributed by atoms with Gasteiger partial charge in [-0.15, -0.1) is 19.7 Å². The van der Waals surface area contributed by atoms with Gasteiger partial charge >= 0.3 is 0 Å². The SMILES string of the molecule is C=CCc1ccc(CN)c(CC=C)c1CC=C. The molecule has 0 aliphatic rings. The molecule has 0 aromatic heterocycles. The fourth-order valence-electron chi connectivity index (χ4n) is 2.13. The summed E-state index contributed by atoms with van der Waals surface area (Å²) in [5, 5.41) is 0. The van der Waals surface area contributed by atoms with Crippen LogP contribution in [0.4, 0.5) is 0 Å². The van der Waals surface area contributed by atoms with Crippen LogP contribution < -0.4 is 5.73 Å². The van der Waals surface area contributed by atoms with Crippen LogP contribution in [0, 0.1) is 0 Å². The lowest BCUT2D eigenvalue weighted by molar-refractivity contribution is 0.988. The van der Waals surface area contributed by atoms with E-state index < -0.39 is 0 Å². The molecule has 90 valence electrons. The zero-order valence-corrected chi connectivity index (χ0v) is 10.4. The van der Waals surface area contributed by atoms with Crippen molar-refractivity contribution in [3.8, 4) is 0 Å². The Hall–Kier alpha value is -1.60. The van der Waals surface area contributed by atoms with Crippen molar-refractivity contribution in [2.45, 2.75) is 25.8 Å². The van der Waals surface area contributed by atoms with E-state index in [0.717, 1.165) is 19.3 Å². The monoisotopic (exact) mass is 227 g/mol. The van der Waals surface area contributed by atoms with E-state index in [9.17, 15) is 0 Å². The minimum atomic E-state index is 0.571. The number of allylic oxidation sites excluding steroid dienone is 3. The average Bonchev–Trinajstić information content (AvgIpc) is 2.34. The van der Waals surface area contributed by atoms with Crippen molar-refractivity contribution < 1.29 is 0 Å². The van der Waals surface area contributed by atoms with Gasteiger partial charge in [-0.1, -0.05) is 30.4 Å². The average molecular weight is 227 g/mol. The third kappa shape index (κ3) is 3.18. The van der Waals surface area contributed by atoms with Crippen molar-refractivity contribution in [3.63, 3.8) is 0 Å². The summed E-state index contributed by atoms with van der Waals surface area (Å²) in [5.41, 5.74) is 10.9. The molecule has 1 rings (SSSR count). The fourth-order valence-corrected chi connectivity index (χ4v) is 2.13. The van der Waals surface area contributed by atoms with Gasteiger partial charge in [0.25, 0.3) is 0 Å². The first kappa shape index (κ1) is 13.5. The largest absolute Gasteiger partial charge is 0.326 e. The first-order chi connectivity index (χ1) is 8.28. The molecule has 1 nitrogen and oxygen atoms in total.